The second-order valence-corrected chi connectivity index (χ2v) is 6.32. The first kappa shape index (κ1) is 20.0. The molecule has 1 fully saturated rings. The number of amidine groups is 1. The Morgan fingerprint density at radius 2 is 1.97 bits per heavy atom. The van der Waals surface area contributed by atoms with Gasteiger partial charge in [0.15, 0.2) is 18.0 Å². The van der Waals surface area contributed by atoms with Gasteiger partial charge >= 0.3 is 6.03 Å². The van der Waals surface area contributed by atoms with Gasteiger partial charge in [0.2, 0.25) is 0 Å². The van der Waals surface area contributed by atoms with E-state index >= 15 is 0 Å². The summed E-state index contributed by atoms with van der Waals surface area (Å²) >= 11 is 0. The van der Waals surface area contributed by atoms with E-state index in [-0.39, 0.29) is 6.54 Å². The number of amides is 4. The van der Waals surface area contributed by atoms with Crippen molar-refractivity contribution in [2.24, 2.45) is 10.1 Å². The molecule has 0 aromatic heterocycles. The lowest BCUT2D eigenvalue weighted by atomic mass is 10.1. The van der Waals surface area contributed by atoms with Crippen molar-refractivity contribution in [2.75, 3.05) is 34.9 Å². The summed E-state index contributed by atoms with van der Waals surface area (Å²) in [7, 11) is 5.99. The van der Waals surface area contributed by atoms with E-state index in [4.69, 9.17) is 9.47 Å². The first-order valence-corrected chi connectivity index (χ1v) is 8.63. The summed E-state index contributed by atoms with van der Waals surface area (Å²) < 4.78 is 11.8. The molecule has 2 heterocycles. The highest BCUT2D eigenvalue weighted by molar-refractivity contribution is 6.21. The Morgan fingerprint density at radius 3 is 2.66 bits per heavy atom. The van der Waals surface area contributed by atoms with Gasteiger partial charge in [0.05, 0.1) is 20.4 Å². The minimum atomic E-state index is -0.816. The number of imide groups is 1. The van der Waals surface area contributed by atoms with Crippen LogP contribution in [0.25, 0.3) is 0 Å². The average molecular weight is 401 g/mol. The zero-order chi connectivity index (χ0) is 21.1. The first-order chi connectivity index (χ1) is 13.9. The van der Waals surface area contributed by atoms with Crippen LogP contribution >= 0.6 is 0 Å². The van der Waals surface area contributed by atoms with E-state index in [2.05, 4.69) is 15.5 Å². The molecule has 1 saturated heterocycles. The highest BCUT2D eigenvalue weighted by Crippen LogP contribution is 2.26. The topological polar surface area (TPSA) is 116 Å². The average Bonchev–Trinajstić information content (AvgIpc) is 3.14. The van der Waals surface area contributed by atoms with Crippen LogP contribution in [0.15, 0.2) is 28.3 Å². The maximum absolute atomic E-state index is 12.4. The van der Waals surface area contributed by atoms with Gasteiger partial charge in [0, 0.05) is 14.1 Å². The Morgan fingerprint density at radius 1 is 1.24 bits per heavy atom. The maximum atomic E-state index is 12.4. The molecular formula is C18H21N6O5+. The summed E-state index contributed by atoms with van der Waals surface area (Å²) in [5, 5.41) is 3.92. The van der Waals surface area contributed by atoms with E-state index in [1.54, 1.807) is 25.3 Å². The number of nitrogens with one attached hydrogen (secondary N) is 1. The Kier molecular flexibility index (Phi) is 5.57. The van der Waals surface area contributed by atoms with Crippen molar-refractivity contribution in [1.29, 1.82) is 0 Å². The normalized spacial score (nSPS) is 18.6. The van der Waals surface area contributed by atoms with Crippen molar-refractivity contribution in [3.63, 3.8) is 0 Å². The van der Waals surface area contributed by atoms with E-state index in [1.807, 2.05) is 0 Å². The maximum Gasteiger partial charge on any atom is 0.333 e. The van der Waals surface area contributed by atoms with Gasteiger partial charge in [-0.1, -0.05) is 0 Å². The fourth-order valence-electron chi connectivity index (χ4n) is 2.99. The molecule has 0 radical (unpaired) electrons. The molecule has 1 aromatic carbocycles. The number of hydrogen-bond donors (Lipinski definition) is 1. The number of fused-ring (bicyclic) bond motifs is 1. The summed E-state index contributed by atoms with van der Waals surface area (Å²) in [5.74, 6) is 0.531. The van der Waals surface area contributed by atoms with Gasteiger partial charge in [-0.2, -0.15) is 5.10 Å². The van der Waals surface area contributed by atoms with Crippen LogP contribution in [0.3, 0.4) is 0 Å². The fraction of sp³-hybridized carbons (Fsp3) is 0.333. The molecule has 0 spiro atoms. The molecule has 0 bridgehead atoms. The van der Waals surface area contributed by atoms with E-state index in [0.29, 0.717) is 22.9 Å². The number of hydrogen-bond acceptors (Lipinski definition) is 7. The second kappa shape index (κ2) is 8.09. The standard InChI is InChI=1S/C18H20N6O5/c1-22-16-15(17(26)23(2)18(22)27)24(10-19-16)9-14(25)21-20-8-11-5-6-12(28-3)13(7-11)29-4/h5-8,10,15H,9H2,1-4H3/p+1/b20-8+. The highest BCUT2D eigenvalue weighted by Gasteiger charge is 2.50. The number of hydrazone groups is 1. The smallest absolute Gasteiger partial charge is 0.333 e. The molecule has 1 N–H and O–H groups in total. The Labute approximate surface area is 166 Å². The predicted octanol–water partition coefficient (Wildman–Crippen LogP) is -0.501. The number of benzene rings is 1. The minimum absolute atomic E-state index is 0.150. The van der Waals surface area contributed by atoms with Gasteiger partial charge in [0.25, 0.3) is 30.0 Å². The van der Waals surface area contributed by atoms with Gasteiger partial charge < -0.3 is 9.47 Å². The Balaban J connectivity index is 1.61. The molecule has 11 nitrogen and oxygen atoms in total. The largest absolute Gasteiger partial charge is 0.493 e. The van der Waals surface area contributed by atoms with Crippen LogP contribution in [0.5, 0.6) is 11.5 Å². The summed E-state index contributed by atoms with van der Waals surface area (Å²) in [5.41, 5.74) is 3.11. The summed E-state index contributed by atoms with van der Waals surface area (Å²) in [4.78, 5) is 43.0. The Bertz CT molecular complexity index is 954. The molecule has 11 heteroatoms. The van der Waals surface area contributed by atoms with Crippen LogP contribution in [0.4, 0.5) is 4.79 Å². The quantitative estimate of drug-likeness (QED) is 0.392. The van der Waals surface area contributed by atoms with E-state index < -0.39 is 23.9 Å². The number of carbonyl (C=O) groups is 3. The molecule has 0 aliphatic carbocycles. The summed E-state index contributed by atoms with van der Waals surface area (Å²) in [6.45, 7) is -0.150. The SMILES string of the molecule is COc1ccc(/C=N/NC(=O)C[N+]2=CN=C3C2C(=O)N(C)C(=O)N3C)cc1OC. The molecule has 29 heavy (non-hydrogen) atoms. The fourth-order valence-corrected chi connectivity index (χ4v) is 2.99. The summed E-state index contributed by atoms with van der Waals surface area (Å²) in [6, 6.07) is 3.91. The Hall–Kier alpha value is -3.76. The zero-order valence-corrected chi connectivity index (χ0v) is 16.4. The predicted molar refractivity (Wildman–Crippen MR) is 104 cm³/mol. The van der Waals surface area contributed by atoms with Crippen LogP contribution in [-0.4, -0.2) is 91.5 Å². The number of methoxy groups -OCH3 is 2. The van der Waals surface area contributed by atoms with E-state index in [1.165, 1.54) is 43.2 Å². The van der Waals surface area contributed by atoms with Crippen molar-refractivity contribution in [3.8, 4) is 11.5 Å². The first-order valence-electron chi connectivity index (χ1n) is 8.63. The van der Waals surface area contributed by atoms with Crippen LogP contribution in [-0.2, 0) is 9.59 Å². The molecule has 0 saturated carbocycles. The van der Waals surface area contributed by atoms with Crippen molar-refractivity contribution in [2.45, 2.75) is 6.04 Å². The lowest BCUT2D eigenvalue weighted by Crippen LogP contribution is -2.61. The summed E-state index contributed by atoms with van der Waals surface area (Å²) in [6.07, 6.45) is 2.83. The van der Waals surface area contributed by atoms with Crippen LogP contribution in [0, 0.1) is 0 Å². The van der Waals surface area contributed by atoms with Crippen LogP contribution in [0.1, 0.15) is 5.56 Å². The lowest BCUT2D eigenvalue weighted by Gasteiger charge is -2.30. The molecule has 2 aliphatic heterocycles. The molecule has 3 rings (SSSR count). The second-order valence-electron chi connectivity index (χ2n) is 6.32. The molecule has 4 amide bonds. The highest BCUT2D eigenvalue weighted by atomic mass is 16.5. The van der Waals surface area contributed by atoms with Crippen molar-refractivity contribution < 1.29 is 28.4 Å². The lowest BCUT2D eigenvalue weighted by molar-refractivity contribution is -0.519. The van der Waals surface area contributed by atoms with Crippen molar-refractivity contribution in [1.82, 2.24) is 15.2 Å². The number of aliphatic imine (C=N–C) groups is 1. The third kappa shape index (κ3) is 3.79. The van der Waals surface area contributed by atoms with Crippen molar-refractivity contribution >= 4 is 36.2 Å². The van der Waals surface area contributed by atoms with Gasteiger partial charge in [-0.3, -0.25) is 19.4 Å². The van der Waals surface area contributed by atoms with Gasteiger partial charge in [-0.05, 0) is 28.8 Å². The number of urea groups is 1. The van der Waals surface area contributed by atoms with Crippen LogP contribution in [0.2, 0.25) is 0 Å². The van der Waals surface area contributed by atoms with E-state index in [0.717, 1.165) is 4.90 Å². The number of carbonyl (C=O) groups excluding carboxylic acids is 3. The molecular weight excluding hydrogens is 380 g/mol. The van der Waals surface area contributed by atoms with Gasteiger partial charge in [-0.15, -0.1) is 0 Å². The minimum Gasteiger partial charge on any atom is -0.493 e. The number of ether oxygens (including phenoxy) is 2. The third-order valence-corrected chi connectivity index (χ3v) is 4.53. The number of nitrogens with zero attached hydrogens (tertiary/aromatic N) is 5. The molecule has 1 unspecified atom stereocenters. The molecule has 152 valence electrons. The van der Waals surface area contributed by atoms with Crippen molar-refractivity contribution in [3.05, 3.63) is 23.8 Å². The number of likely N-dealkylation sites (N-methyl/N-ethyl adjacent to an activating group) is 2. The molecule has 2 aliphatic rings. The number of rotatable bonds is 6. The third-order valence-electron chi connectivity index (χ3n) is 4.53. The van der Waals surface area contributed by atoms with Crippen LogP contribution < -0.4 is 14.9 Å². The molecule has 1 aromatic rings. The zero-order valence-electron chi connectivity index (χ0n) is 16.4. The van der Waals surface area contributed by atoms with E-state index in [9.17, 15) is 14.4 Å². The molecule has 1 atom stereocenters. The van der Waals surface area contributed by atoms with Gasteiger partial charge in [-0.25, -0.2) is 14.8 Å². The van der Waals surface area contributed by atoms with Gasteiger partial charge in [0.1, 0.15) is 0 Å². The monoisotopic (exact) mass is 401 g/mol.